The Morgan fingerprint density at radius 3 is 2.35 bits per heavy atom. The Morgan fingerprint density at radius 2 is 1.88 bits per heavy atom. The fourth-order valence-electron chi connectivity index (χ4n) is 1.26. The highest BCUT2D eigenvalue weighted by Gasteiger charge is 2.14. The second-order valence-corrected chi connectivity index (χ2v) is 3.50. The molecule has 0 aliphatic rings. The summed E-state index contributed by atoms with van der Waals surface area (Å²) in [6.07, 6.45) is 0. The number of amides is 2. The first-order valence-corrected chi connectivity index (χ1v) is 5.11. The predicted octanol–water partition coefficient (Wildman–Crippen LogP) is 0.423. The fraction of sp³-hybridized carbons (Fsp3) is 0.250. The van der Waals surface area contributed by atoms with Gasteiger partial charge in [0, 0.05) is 12.6 Å². The molecule has 0 saturated heterocycles. The van der Waals surface area contributed by atoms with Crippen molar-refractivity contribution < 1.29 is 9.59 Å². The first-order chi connectivity index (χ1) is 8.08. The largest absolute Gasteiger partial charge is 0.357 e. The molecule has 0 radical (unpaired) electrons. The van der Waals surface area contributed by atoms with E-state index in [2.05, 4.69) is 10.6 Å². The number of hydrogen-bond donors (Lipinski definition) is 2. The molecule has 1 aromatic carbocycles. The number of nitrogens with zero attached hydrogens (tertiary/aromatic N) is 1. The number of benzene rings is 1. The van der Waals surface area contributed by atoms with Gasteiger partial charge in [0.1, 0.15) is 6.04 Å². The summed E-state index contributed by atoms with van der Waals surface area (Å²) in [5.74, 6) is -0.599. The first-order valence-electron chi connectivity index (χ1n) is 5.11. The fourth-order valence-corrected chi connectivity index (χ4v) is 1.26. The van der Waals surface area contributed by atoms with Crippen molar-refractivity contribution in [3.63, 3.8) is 0 Å². The van der Waals surface area contributed by atoms with E-state index in [1.165, 1.54) is 7.05 Å². The van der Waals surface area contributed by atoms with Crippen LogP contribution in [0, 0.1) is 11.3 Å². The number of rotatable bonds is 3. The lowest BCUT2D eigenvalue weighted by atomic mass is 10.1. The van der Waals surface area contributed by atoms with Crippen LogP contribution in [0.1, 0.15) is 22.8 Å². The summed E-state index contributed by atoms with van der Waals surface area (Å²) in [5, 5.41) is 13.6. The molecular weight excluding hydrogens is 218 g/mol. The maximum Gasteiger partial charge on any atom is 0.251 e. The molecule has 0 saturated carbocycles. The highest BCUT2D eigenvalue weighted by atomic mass is 16.2. The molecule has 0 spiro atoms. The lowest BCUT2D eigenvalue weighted by Crippen LogP contribution is -2.43. The molecule has 2 amide bonds. The minimum absolute atomic E-state index is 0.257. The molecule has 0 aliphatic heterocycles. The summed E-state index contributed by atoms with van der Waals surface area (Å²) in [4.78, 5) is 22.9. The molecular formula is C12H13N3O2. The SMILES string of the molecule is CNC(=O)C(C)NC(=O)c1ccc(C#N)cc1. The number of carbonyl (C=O) groups is 2. The van der Waals surface area contributed by atoms with E-state index in [1.807, 2.05) is 6.07 Å². The third kappa shape index (κ3) is 3.31. The molecule has 1 unspecified atom stereocenters. The van der Waals surface area contributed by atoms with E-state index in [0.717, 1.165) is 0 Å². The van der Waals surface area contributed by atoms with E-state index < -0.39 is 6.04 Å². The van der Waals surface area contributed by atoms with E-state index >= 15 is 0 Å². The van der Waals surface area contributed by atoms with Gasteiger partial charge in [0.25, 0.3) is 5.91 Å². The van der Waals surface area contributed by atoms with Gasteiger partial charge in [-0.2, -0.15) is 5.26 Å². The van der Waals surface area contributed by atoms with Crippen LogP contribution in [-0.4, -0.2) is 24.9 Å². The van der Waals surface area contributed by atoms with Crippen molar-refractivity contribution in [2.24, 2.45) is 0 Å². The van der Waals surface area contributed by atoms with Crippen molar-refractivity contribution >= 4 is 11.8 Å². The van der Waals surface area contributed by atoms with Gasteiger partial charge in [0.15, 0.2) is 0 Å². The van der Waals surface area contributed by atoms with Crippen molar-refractivity contribution in [3.8, 4) is 6.07 Å². The van der Waals surface area contributed by atoms with Crippen molar-refractivity contribution in [2.75, 3.05) is 7.05 Å². The summed E-state index contributed by atoms with van der Waals surface area (Å²) in [6, 6.07) is 7.57. The zero-order valence-electron chi connectivity index (χ0n) is 9.65. The van der Waals surface area contributed by atoms with Crippen LogP contribution in [0.25, 0.3) is 0 Å². The van der Waals surface area contributed by atoms with Crippen LogP contribution in [-0.2, 0) is 4.79 Å². The van der Waals surface area contributed by atoms with E-state index in [9.17, 15) is 9.59 Å². The van der Waals surface area contributed by atoms with Crippen LogP contribution in [0.2, 0.25) is 0 Å². The van der Waals surface area contributed by atoms with Crippen molar-refractivity contribution in [1.82, 2.24) is 10.6 Å². The van der Waals surface area contributed by atoms with Gasteiger partial charge in [-0.25, -0.2) is 0 Å². The van der Waals surface area contributed by atoms with E-state index in [-0.39, 0.29) is 11.8 Å². The van der Waals surface area contributed by atoms with Crippen LogP contribution in [0.15, 0.2) is 24.3 Å². The van der Waals surface area contributed by atoms with Gasteiger partial charge in [0.05, 0.1) is 11.6 Å². The highest BCUT2D eigenvalue weighted by Crippen LogP contribution is 2.03. The minimum atomic E-state index is -0.594. The van der Waals surface area contributed by atoms with Gasteiger partial charge in [0.2, 0.25) is 5.91 Å². The zero-order chi connectivity index (χ0) is 12.8. The molecule has 5 heteroatoms. The average molecular weight is 231 g/mol. The monoisotopic (exact) mass is 231 g/mol. The summed E-state index contributed by atoms with van der Waals surface area (Å²) in [6.45, 7) is 1.60. The van der Waals surface area contributed by atoms with Gasteiger partial charge < -0.3 is 10.6 Å². The van der Waals surface area contributed by atoms with Gasteiger partial charge in [-0.3, -0.25) is 9.59 Å². The Bertz CT molecular complexity index is 460. The second-order valence-electron chi connectivity index (χ2n) is 3.50. The maximum atomic E-state index is 11.7. The van der Waals surface area contributed by atoms with Gasteiger partial charge in [-0.15, -0.1) is 0 Å². The number of nitriles is 1. The Balaban J connectivity index is 2.70. The quantitative estimate of drug-likeness (QED) is 0.791. The van der Waals surface area contributed by atoms with Gasteiger partial charge in [-0.05, 0) is 31.2 Å². The molecule has 5 nitrogen and oxygen atoms in total. The lowest BCUT2D eigenvalue weighted by Gasteiger charge is -2.12. The zero-order valence-corrected chi connectivity index (χ0v) is 9.65. The summed E-state index contributed by atoms with van der Waals surface area (Å²) >= 11 is 0. The molecule has 88 valence electrons. The van der Waals surface area contributed by atoms with Crippen LogP contribution >= 0.6 is 0 Å². The van der Waals surface area contributed by atoms with Crippen LogP contribution in [0.4, 0.5) is 0 Å². The molecule has 0 bridgehead atoms. The van der Waals surface area contributed by atoms with Gasteiger partial charge in [-0.1, -0.05) is 0 Å². The van der Waals surface area contributed by atoms with Crippen LogP contribution < -0.4 is 10.6 Å². The smallest absolute Gasteiger partial charge is 0.251 e. The molecule has 2 N–H and O–H groups in total. The van der Waals surface area contributed by atoms with E-state index in [0.29, 0.717) is 11.1 Å². The van der Waals surface area contributed by atoms with E-state index in [4.69, 9.17) is 5.26 Å². The lowest BCUT2D eigenvalue weighted by molar-refractivity contribution is -0.122. The average Bonchev–Trinajstić information content (AvgIpc) is 2.37. The topological polar surface area (TPSA) is 82.0 Å². The third-order valence-corrected chi connectivity index (χ3v) is 2.26. The molecule has 1 rings (SSSR count). The third-order valence-electron chi connectivity index (χ3n) is 2.26. The number of hydrogen-bond acceptors (Lipinski definition) is 3. The van der Waals surface area contributed by atoms with Crippen LogP contribution in [0.3, 0.4) is 0 Å². The predicted molar refractivity (Wildman–Crippen MR) is 62.2 cm³/mol. The molecule has 0 aromatic heterocycles. The number of nitrogens with one attached hydrogen (secondary N) is 2. The Labute approximate surface area is 99.4 Å². The summed E-state index contributed by atoms with van der Waals surface area (Å²) < 4.78 is 0. The molecule has 1 atom stereocenters. The second kappa shape index (κ2) is 5.66. The number of carbonyl (C=O) groups excluding carboxylic acids is 2. The van der Waals surface area contributed by atoms with E-state index in [1.54, 1.807) is 31.2 Å². The first kappa shape index (κ1) is 12.7. The summed E-state index contributed by atoms with van der Waals surface area (Å²) in [5.41, 5.74) is 0.903. The van der Waals surface area contributed by atoms with Crippen molar-refractivity contribution in [3.05, 3.63) is 35.4 Å². The standard InChI is InChI=1S/C12H13N3O2/c1-8(11(16)14-2)15-12(17)10-5-3-9(7-13)4-6-10/h3-6,8H,1-2H3,(H,14,16)(H,15,17). The minimum Gasteiger partial charge on any atom is -0.357 e. The highest BCUT2D eigenvalue weighted by molar-refractivity contribution is 5.97. The van der Waals surface area contributed by atoms with Gasteiger partial charge >= 0.3 is 0 Å². The Hall–Kier alpha value is -2.35. The van der Waals surface area contributed by atoms with Crippen molar-refractivity contribution in [1.29, 1.82) is 5.26 Å². The molecule has 17 heavy (non-hydrogen) atoms. The van der Waals surface area contributed by atoms with Crippen LogP contribution in [0.5, 0.6) is 0 Å². The van der Waals surface area contributed by atoms with Crippen molar-refractivity contribution in [2.45, 2.75) is 13.0 Å². The molecule has 0 fully saturated rings. The molecule has 0 heterocycles. The maximum absolute atomic E-state index is 11.7. The Morgan fingerprint density at radius 1 is 1.29 bits per heavy atom. The normalized spacial score (nSPS) is 11.1. The molecule has 0 aliphatic carbocycles. The molecule has 1 aromatic rings. The Kier molecular flexibility index (Phi) is 4.23. The number of likely N-dealkylation sites (N-methyl/N-ethyl adjacent to an activating group) is 1. The summed E-state index contributed by atoms with van der Waals surface area (Å²) in [7, 11) is 1.51.